The minimum Gasteiger partial charge on any atom is -0.378 e. The molecule has 5 heteroatoms. The van der Waals surface area contributed by atoms with Gasteiger partial charge in [0.05, 0.1) is 18.2 Å². The third-order valence-electron chi connectivity index (χ3n) is 1.63. The van der Waals surface area contributed by atoms with Gasteiger partial charge in [-0.05, 0) is 6.92 Å². The minimum atomic E-state index is 0.388. The monoisotopic (exact) mass is 189 g/mol. The highest BCUT2D eigenvalue weighted by Gasteiger charge is 2.09. The van der Waals surface area contributed by atoms with Crippen LogP contribution in [-0.4, -0.2) is 22.1 Å². The Morgan fingerprint density at radius 3 is 2.83 bits per heavy atom. The van der Waals surface area contributed by atoms with Crippen molar-refractivity contribution in [3.05, 3.63) is 11.4 Å². The SMILES string of the molecule is CCn1nnc(CCl)c1COC. The summed E-state index contributed by atoms with van der Waals surface area (Å²) in [5.74, 6) is 0.388. The fourth-order valence-corrected chi connectivity index (χ4v) is 1.23. The predicted molar refractivity (Wildman–Crippen MR) is 46.0 cm³/mol. The number of methoxy groups -OCH3 is 1. The van der Waals surface area contributed by atoms with Gasteiger partial charge in [0.2, 0.25) is 0 Å². The van der Waals surface area contributed by atoms with Crippen LogP contribution < -0.4 is 0 Å². The van der Waals surface area contributed by atoms with E-state index in [9.17, 15) is 0 Å². The molecule has 68 valence electrons. The number of hydrogen-bond donors (Lipinski definition) is 0. The molecule has 0 spiro atoms. The zero-order valence-corrected chi connectivity index (χ0v) is 8.01. The van der Waals surface area contributed by atoms with Crippen molar-refractivity contribution in [3.8, 4) is 0 Å². The van der Waals surface area contributed by atoms with E-state index in [1.807, 2.05) is 6.92 Å². The summed E-state index contributed by atoms with van der Waals surface area (Å²) < 4.78 is 6.80. The van der Waals surface area contributed by atoms with Crippen molar-refractivity contribution >= 4 is 11.6 Å². The topological polar surface area (TPSA) is 39.9 Å². The smallest absolute Gasteiger partial charge is 0.103 e. The average molecular weight is 190 g/mol. The highest BCUT2D eigenvalue weighted by atomic mass is 35.5. The Balaban J connectivity index is 2.90. The van der Waals surface area contributed by atoms with Gasteiger partial charge in [0.15, 0.2) is 0 Å². The molecular formula is C7H12ClN3O. The maximum atomic E-state index is 5.67. The van der Waals surface area contributed by atoms with Gasteiger partial charge in [-0.15, -0.1) is 16.7 Å². The van der Waals surface area contributed by atoms with Crippen LogP contribution in [0.25, 0.3) is 0 Å². The van der Waals surface area contributed by atoms with E-state index in [1.54, 1.807) is 11.8 Å². The molecule has 0 saturated carbocycles. The van der Waals surface area contributed by atoms with E-state index in [4.69, 9.17) is 16.3 Å². The highest BCUT2D eigenvalue weighted by Crippen LogP contribution is 2.08. The van der Waals surface area contributed by atoms with Gasteiger partial charge >= 0.3 is 0 Å². The van der Waals surface area contributed by atoms with E-state index < -0.39 is 0 Å². The van der Waals surface area contributed by atoms with Gasteiger partial charge in [0, 0.05) is 13.7 Å². The molecule has 0 aromatic carbocycles. The van der Waals surface area contributed by atoms with Gasteiger partial charge in [-0.1, -0.05) is 5.21 Å². The summed E-state index contributed by atoms with van der Waals surface area (Å²) in [6, 6.07) is 0. The Morgan fingerprint density at radius 2 is 2.33 bits per heavy atom. The third-order valence-corrected chi connectivity index (χ3v) is 1.88. The first kappa shape index (κ1) is 9.48. The van der Waals surface area contributed by atoms with Crippen molar-refractivity contribution in [3.63, 3.8) is 0 Å². The van der Waals surface area contributed by atoms with Gasteiger partial charge in [-0.3, -0.25) is 0 Å². The van der Waals surface area contributed by atoms with E-state index in [1.165, 1.54) is 0 Å². The summed E-state index contributed by atoms with van der Waals surface area (Å²) in [7, 11) is 1.64. The third kappa shape index (κ3) is 1.76. The zero-order valence-electron chi connectivity index (χ0n) is 7.25. The van der Waals surface area contributed by atoms with Crippen LogP contribution in [0, 0.1) is 0 Å². The molecule has 0 aliphatic heterocycles. The molecule has 1 heterocycles. The number of rotatable bonds is 4. The summed E-state index contributed by atoms with van der Waals surface area (Å²) in [5, 5.41) is 7.85. The standard InChI is InChI=1S/C7H12ClN3O/c1-3-11-7(5-12-2)6(4-8)9-10-11/h3-5H2,1-2H3. The van der Waals surface area contributed by atoms with Crippen LogP contribution >= 0.6 is 11.6 Å². The molecule has 12 heavy (non-hydrogen) atoms. The number of alkyl halides is 1. The van der Waals surface area contributed by atoms with Crippen molar-refractivity contribution in [2.75, 3.05) is 7.11 Å². The fraction of sp³-hybridized carbons (Fsp3) is 0.714. The van der Waals surface area contributed by atoms with Crippen LogP contribution in [0.15, 0.2) is 0 Å². The molecule has 1 aromatic rings. The highest BCUT2D eigenvalue weighted by molar-refractivity contribution is 6.16. The number of halogens is 1. The zero-order chi connectivity index (χ0) is 8.97. The fourth-order valence-electron chi connectivity index (χ4n) is 1.02. The first-order valence-electron chi connectivity index (χ1n) is 3.79. The molecule has 0 unspecified atom stereocenters. The summed E-state index contributed by atoms with van der Waals surface area (Å²) in [5.41, 5.74) is 1.77. The van der Waals surface area contributed by atoms with E-state index in [0.717, 1.165) is 17.9 Å². The normalized spacial score (nSPS) is 10.6. The summed E-state index contributed by atoms with van der Waals surface area (Å²) in [6.07, 6.45) is 0. The number of aromatic nitrogens is 3. The summed E-state index contributed by atoms with van der Waals surface area (Å²) >= 11 is 5.67. The average Bonchev–Trinajstić information content (AvgIpc) is 2.48. The Bertz CT molecular complexity index is 227. The molecule has 0 atom stereocenters. The second-order valence-corrected chi connectivity index (χ2v) is 2.63. The predicted octanol–water partition coefficient (Wildman–Crippen LogP) is 1.18. The van der Waals surface area contributed by atoms with E-state index in [2.05, 4.69) is 10.3 Å². The molecule has 0 aliphatic carbocycles. The molecule has 0 saturated heterocycles. The summed E-state index contributed by atoms with van der Waals surface area (Å²) in [6.45, 7) is 3.32. The van der Waals surface area contributed by atoms with Crippen LogP contribution in [0.1, 0.15) is 18.3 Å². The van der Waals surface area contributed by atoms with Crippen molar-refractivity contribution < 1.29 is 4.74 Å². The second-order valence-electron chi connectivity index (χ2n) is 2.37. The lowest BCUT2D eigenvalue weighted by atomic mass is 10.3. The first-order valence-corrected chi connectivity index (χ1v) is 4.33. The minimum absolute atomic E-state index is 0.388. The van der Waals surface area contributed by atoms with Crippen LogP contribution in [0.3, 0.4) is 0 Å². The van der Waals surface area contributed by atoms with Gasteiger partial charge in [0.1, 0.15) is 5.69 Å². The lowest BCUT2D eigenvalue weighted by Gasteiger charge is -2.02. The van der Waals surface area contributed by atoms with Crippen LogP contribution in [0.5, 0.6) is 0 Å². The number of ether oxygens (including phenoxy) is 1. The van der Waals surface area contributed by atoms with E-state index in [-0.39, 0.29) is 0 Å². The van der Waals surface area contributed by atoms with Crippen LogP contribution in [0.4, 0.5) is 0 Å². The van der Waals surface area contributed by atoms with Gasteiger partial charge < -0.3 is 4.74 Å². The second kappa shape index (κ2) is 4.42. The molecule has 0 aliphatic rings. The lowest BCUT2D eigenvalue weighted by molar-refractivity contribution is 0.176. The lowest BCUT2D eigenvalue weighted by Crippen LogP contribution is -2.04. The molecule has 0 bridgehead atoms. The van der Waals surface area contributed by atoms with Crippen LogP contribution in [0.2, 0.25) is 0 Å². The maximum absolute atomic E-state index is 5.67. The Morgan fingerprint density at radius 1 is 1.58 bits per heavy atom. The van der Waals surface area contributed by atoms with Gasteiger partial charge in [-0.2, -0.15) is 0 Å². The molecule has 0 N–H and O–H groups in total. The van der Waals surface area contributed by atoms with E-state index in [0.29, 0.717) is 12.5 Å². The molecule has 1 rings (SSSR count). The number of aryl methyl sites for hydroxylation is 1. The molecule has 4 nitrogen and oxygen atoms in total. The number of hydrogen-bond acceptors (Lipinski definition) is 3. The van der Waals surface area contributed by atoms with Gasteiger partial charge in [0.25, 0.3) is 0 Å². The molecule has 0 amide bonds. The molecule has 1 aromatic heterocycles. The first-order chi connectivity index (χ1) is 5.83. The molecular weight excluding hydrogens is 178 g/mol. The maximum Gasteiger partial charge on any atom is 0.103 e. The van der Waals surface area contributed by atoms with Crippen molar-refractivity contribution in [2.24, 2.45) is 0 Å². The van der Waals surface area contributed by atoms with Crippen molar-refractivity contribution in [1.29, 1.82) is 0 Å². The number of nitrogens with zero attached hydrogens (tertiary/aromatic N) is 3. The summed E-state index contributed by atoms with van der Waals surface area (Å²) in [4.78, 5) is 0. The largest absolute Gasteiger partial charge is 0.378 e. The van der Waals surface area contributed by atoms with Crippen LogP contribution in [-0.2, 0) is 23.8 Å². The van der Waals surface area contributed by atoms with Crippen molar-refractivity contribution in [1.82, 2.24) is 15.0 Å². The Labute approximate surface area is 76.5 Å². The molecule has 0 fully saturated rings. The Kier molecular flexibility index (Phi) is 3.49. The van der Waals surface area contributed by atoms with Gasteiger partial charge in [-0.25, -0.2) is 4.68 Å². The molecule has 0 radical (unpaired) electrons. The quantitative estimate of drug-likeness (QED) is 0.668. The van der Waals surface area contributed by atoms with Crippen molar-refractivity contribution in [2.45, 2.75) is 26.0 Å². The van der Waals surface area contributed by atoms with E-state index >= 15 is 0 Å². The Hall–Kier alpha value is -0.610.